The van der Waals surface area contributed by atoms with Gasteiger partial charge in [0, 0.05) is 12.4 Å². The van der Waals surface area contributed by atoms with Crippen molar-refractivity contribution in [3.63, 3.8) is 0 Å². The summed E-state index contributed by atoms with van der Waals surface area (Å²) >= 11 is 0. The molecule has 1 aromatic carbocycles. The molecule has 2 aromatic rings. The number of aromatic nitrogens is 2. The van der Waals surface area contributed by atoms with Gasteiger partial charge in [-0.1, -0.05) is 17.9 Å². The Morgan fingerprint density at radius 3 is 2.44 bits per heavy atom. The minimum Gasteiger partial charge on any atom is -0.493 e. The highest BCUT2D eigenvalue weighted by Crippen LogP contribution is 2.44. The van der Waals surface area contributed by atoms with Crippen LogP contribution < -0.4 is 15.2 Å². The van der Waals surface area contributed by atoms with Crippen molar-refractivity contribution in [2.24, 2.45) is 5.92 Å². The number of ether oxygens (including phenoxy) is 2. The zero-order chi connectivity index (χ0) is 22.6. The maximum atomic E-state index is 11.5. The van der Waals surface area contributed by atoms with E-state index in [1.807, 2.05) is 18.2 Å². The third kappa shape index (κ3) is 4.80. The average Bonchev–Trinajstić information content (AvgIpc) is 3.32. The first-order valence-corrected chi connectivity index (χ1v) is 11.2. The van der Waals surface area contributed by atoms with Crippen molar-refractivity contribution >= 4 is 11.9 Å². The van der Waals surface area contributed by atoms with E-state index >= 15 is 0 Å². The fourth-order valence-corrected chi connectivity index (χ4v) is 4.69. The van der Waals surface area contributed by atoms with E-state index in [9.17, 15) is 9.90 Å². The highest BCUT2D eigenvalue weighted by atomic mass is 16.5. The van der Waals surface area contributed by atoms with Gasteiger partial charge in [-0.2, -0.15) is 0 Å². The number of aliphatic carboxylic acids is 1. The van der Waals surface area contributed by atoms with Crippen LogP contribution in [0, 0.1) is 17.8 Å². The summed E-state index contributed by atoms with van der Waals surface area (Å²) in [7, 11) is 1.64. The first-order valence-electron chi connectivity index (χ1n) is 11.2. The van der Waals surface area contributed by atoms with Crippen LogP contribution in [-0.2, 0) is 10.2 Å². The van der Waals surface area contributed by atoms with E-state index in [1.165, 1.54) is 12.8 Å². The number of benzene rings is 1. The summed E-state index contributed by atoms with van der Waals surface area (Å²) < 4.78 is 11.9. The number of carbonyl (C=O) groups is 1. The second kappa shape index (κ2) is 9.47. The molecule has 0 amide bonds. The van der Waals surface area contributed by atoms with Crippen LogP contribution in [0.15, 0.2) is 30.6 Å². The summed E-state index contributed by atoms with van der Waals surface area (Å²) in [5, 5.41) is 9.48. The normalized spacial score (nSPS) is 23.2. The second-order valence-electron chi connectivity index (χ2n) is 8.66. The van der Waals surface area contributed by atoms with E-state index in [-0.39, 0.29) is 18.0 Å². The predicted molar refractivity (Wildman–Crippen MR) is 120 cm³/mol. The van der Waals surface area contributed by atoms with Crippen LogP contribution in [0.2, 0.25) is 0 Å². The number of hydrogen-bond acceptors (Lipinski definition) is 6. The van der Waals surface area contributed by atoms with Crippen molar-refractivity contribution in [2.75, 3.05) is 12.8 Å². The Bertz CT molecular complexity index is 1010. The van der Waals surface area contributed by atoms with E-state index in [2.05, 4.69) is 21.8 Å². The molecule has 32 heavy (non-hydrogen) atoms. The third-order valence-corrected chi connectivity index (χ3v) is 6.62. The molecule has 1 aromatic heterocycles. The molecule has 7 heteroatoms. The summed E-state index contributed by atoms with van der Waals surface area (Å²) in [6.45, 7) is 0. The lowest BCUT2D eigenvalue weighted by atomic mass is 9.67. The third-order valence-electron chi connectivity index (χ3n) is 6.62. The maximum Gasteiger partial charge on any atom is 0.306 e. The monoisotopic (exact) mass is 435 g/mol. The lowest BCUT2D eigenvalue weighted by Gasteiger charge is -2.36. The van der Waals surface area contributed by atoms with Crippen molar-refractivity contribution in [1.82, 2.24) is 9.97 Å². The molecular formula is C25H29N3O4. The number of nitrogens with zero attached hydrogens (tertiary/aromatic N) is 2. The summed E-state index contributed by atoms with van der Waals surface area (Å²) in [6.07, 6.45) is 10.3. The first-order chi connectivity index (χ1) is 15.5. The summed E-state index contributed by atoms with van der Waals surface area (Å²) in [6, 6.07) is 5.99. The summed E-state index contributed by atoms with van der Waals surface area (Å²) in [5.41, 5.74) is 6.81. The molecule has 0 aliphatic heterocycles. The predicted octanol–water partition coefficient (Wildman–Crippen LogP) is 3.95. The molecule has 2 fully saturated rings. The van der Waals surface area contributed by atoms with Gasteiger partial charge >= 0.3 is 5.97 Å². The lowest BCUT2D eigenvalue weighted by Crippen LogP contribution is -2.33. The van der Waals surface area contributed by atoms with Crippen LogP contribution in [0.1, 0.15) is 62.5 Å². The Kier molecular flexibility index (Phi) is 6.50. The van der Waals surface area contributed by atoms with Crippen molar-refractivity contribution < 1.29 is 19.4 Å². The van der Waals surface area contributed by atoms with E-state index < -0.39 is 11.4 Å². The number of carboxylic acids is 1. The zero-order valence-electron chi connectivity index (χ0n) is 18.3. The minimum atomic E-state index is -0.738. The largest absolute Gasteiger partial charge is 0.493 e. The van der Waals surface area contributed by atoms with Crippen LogP contribution in [-0.4, -0.2) is 34.3 Å². The summed E-state index contributed by atoms with van der Waals surface area (Å²) in [5.74, 6) is 7.21. The van der Waals surface area contributed by atoms with Gasteiger partial charge in [0.25, 0.3) is 0 Å². The molecule has 3 N–H and O–H groups in total. The van der Waals surface area contributed by atoms with Gasteiger partial charge in [0.05, 0.1) is 30.1 Å². The molecule has 7 nitrogen and oxygen atoms in total. The van der Waals surface area contributed by atoms with Crippen molar-refractivity contribution in [3.05, 3.63) is 41.7 Å². The molecule has 4 rings (SSSR count). The molecule has 168 valence electrons. The van der Waals surface area contributed by atoms with Gasteiger partial charge in [0.2, 0.25) is 5.95 Å². The Morgan fingerprint density at radius 1 is 1.12 bits per heavy atom. The number of nitrogen functional groups attached to an aromatic ring is 1. The van der Waals surface area contributed by atoms with Crippen molar-refractivity contribution in [3.8, 4) is 23.3 Å². The highest BCUT2D eigenvalue weighted by Gasteiger charge is 2.38. The number of methoxy groups -OCH3 is 1. The first kappa shape index (κ1) is 21.9. The molecule has 0 unspecified atom stereocenters. The number of carboxylic acid groups (broad SMARTS) is 1. The van der Waals surface area contributed by atoms with E-state index in [0.717, 1.165) is 24.2 Å². The van der Waals surface area contributed by atoms with Gasteiger partial charge < -0.3 is 20.3 Å². The Balaban J connectivity index is 1.69. The number of rotatable bonds is 5. The maximum absolute atomic E-state index is 11.5. The molecule has 1 heterocycles. The number of nitrogens with two attached hydrogens (primary N) is 1. The molecule has 0 spiro atoms. The van der Waals surface area contributed by atoms with Gasteiger partial charge in [-0.15, -0.1) is 0 Å². The van der Waals surface area contributed by atoms with Crippen LogP contribution >= 0.6 is 0 Å². The topological polar surface area (TPSA) is 108 Å². The number of hydrogen-bond donors (Lipinski definition) is 2. The molecule has 0 atom stereocenters. The van der Waals surface area contributed by atoms with Crippen LogP contribution in [0.25, 0.3) is 0 Å². The Labute approximate surface area is 188 Å². The van der Waals surface area contributed by atoms with Crippen molar-refractivity contribution in [2.45, 2.75) is 62.9 Å². The van der Waals surface area contributed by atoms with Gasteiger partial charge in [-0.3, -0.25) is 4.79 Å². The highest BCUT2D eigenvalue weighted by molar-refractivity contribution is 5.70. The molecule has 0 radical (unpaired) electrons. The second-order valence-corrected chi connectivity index (χ2v) is 8.66. The van der Waals surface area contributed by atoms with Crippen LogP contribution in [0.5, 0.6) is 11.5 Å². The van der Waals surface area contributed by atoms with Gasteiger partial charge in [-0.05, 0) is 69.1 Å². The van der Waals surface area contributed by atoms with E-state index in [1.54, 1.807) is 19.5 Å². The smallest absolute Gasteiger partial charge is 0.306 e. The molecule has 0 saturated heterocycles. The zero-order valence-corrected chi connectivity index (χ0v) is 18.3. The molecule has 2 aliphatic carbocycles. The average molecular weight is 436 g/mol. The van der Waals surface area contributed by atoms with Gasteiger partial charge in [0.1, 0.15) is 0 Å². The Hall–Kier alpha value is -3.27. The summed E-state index contributed by atoms with van der Waals surface area (Å²) in [4.78, 5) is 19.6. The Morgan fingerprint density at radius 2 is 1.81 bits per heavy atom. The molecule has 2 saturated carbocycles. The van der Waals surface area contributed by atoms with E-state index in [4.69, 9.17) is 15.2 Å². The van der Waals surface area contributed by atoms with Gasteiger partial charge in [0.15, 0.2) is 11.5 Å². The fourth-order valence-electron chi connectivity index (χ4n) is 4.69. The molecule has 2 aliphatic rings. The van der Waals surface area contributed by atoms with Crippen LogP contribution in [0.3, 0.4) is 0 Å². The van der Waals surface area contributed by atoms with Gasteiger partial charge in [-0.25, -0.2) is 9.97 Å². The number of anilines is 1. The fraction of sp³-hybridized carbons (Fsp3) is 0.480. The standard InChI is InChI=1S/C25H29N3O4/c1-31-21-7-6-19(14-22(21)32-20-4-2-3-5-20)25(12-9-18(10-13-25)23(29)30)11-8-17-15-27-24(26)28-16-17/h6-7,14-16,18,20H,2-5,9-10,12-13H2,1H3,(H,29,30)(H2,26,27,28)/t18-,25-. The SMILES string of the molecule is COc1ccc([C@]2(C#Cc3cnc(N)nc3)CC[C@@H](C(=O)O)CC2)cc1OC1CCCC1. The quantitative estimate of drug-likeness (QED) is 0.685. The lowest BCUT2D eigenvalue weighted by molar-refractivity contribution is -0.143. The van der Waals surface area contributed by atoms with Crippen LogP contribution in [0.4, 0.5) is 5.95 Å². The molecular weight excluding hydrogens is 406 g/mol. The van der Waals surface area contributed by atoms with E-state index in [0.29, 0.717) is 37.0 Å². The molecule has 0 bridgehead atoms. The minimum absolute atomic E-state index is 0.204. The van der Waals surface area contributed by atoms with Crippen molar-refractivity contribution in [1.29, 1.82) is 0 Å².